The van der Waals surface area contributed by atoms with Crippen molar-refractivity contribution >= 4 is 0 Å². The van der Waals surface area contributed by atoms with E-state index in [2.05, 4.69) is 47.4 Å². The molecule has 1 heterocycles. The molecule has 0 amide bonds. The molecule has 1 N–H and O–H groups in total. The molecule has 2 aliphatic rings. The predicted molar refractivity (Wildman–Crippen MR) is 89.9 cm³/mol. The largest absolute Gasteiger partial charge is 0.387 e. The summed E-state index contributed by atoms with van der Waals surface area (Å²) in [6.07, 6.45) is 4.50. The van der Waals surface area contributed by atoms with Gasteiger partial charge in [-0.25, -0.2) is 0 Å². The van der Waals surface area contributed by atoms with Gasteiger partial charge in [0.25, 0.3) is 0 Å². The Morgan fingerprint density at radius 2 is 1.68 bits per heavy atom. The summed E-state index contributed by atoms with van der Waals surface area (Å²) in [5.74, 6) is 0. The van der Waals surface area contributed by atoms with Crippen LogP contribution in [0.2, 0.25) is 0 Å². The fourth-order valence-corrected chi connectivity index (χ4v) is 3.86. The molecule has 0 radical (unpaired) electrons. The smallest absolute Gasteiger partial charge is 0.0917 e. The van der Waals surface area contributed by atoms with Crippen LogP contribution in [0.4, 0.5) is 0 Å². The molecule has 1 atom stereocenters. The van der Waals surface area contributed by atoms with Gasteiger partial charge in [0.15, 0.2) is 0 Å². The Labute approximate surface area is 132 Å². The number of hydrogen-bond donors (Lipinski definition) is 1. The van der Waals surface area contributed by atoms with Crippen LogP contribution in [0.5, 0.6) is 0 Å². The van der Waals surface area contributed by atoms with Gasteiger partial charge in [-0.1, -0.05) is 48.9 Å². The molecule has 2 nitrogen and oxygen atoms in total. The molecular weight excluding hydrogens is 270 g/mol. The van der Waals surface area contributed by atoms with Gasteiger partial charge in [0, 0.05) is 6.54 Å². The monoisotopic (exact) mass is 293 g/mol. The van der Waals surface area contributed by atoms with Crippen molar-refractivity contribution in [2.45, 2.75) is 31.8 Å². The second-order valence-electron chi connectivity index (χ2n) is 6.63. The third-order valence-electron chi connectivity index (χ3n) is 5.08. The van der Waals surface area contributed by atoms with Crippen molar-refractivity contribution in [2.75, 3.05) is 19.6 Å². The number of nitrogens with zero attached hydrogens (tertiary/aromatic N) is 1. The summed E-state index contributed by atoms with van der Waals surface area (Å²) in [5, 5.41) is 10.6. The number of benzene rings is 2. The molecule has 2 heteroatoms. The Bertz CT molecular complexity index is 673. The first kappa shape index (κ1) is 14.0. The highest BCUT2D eigenvalue weighted by Crippen LogP contribution is 2.37. The van der Waals surface area contributed by atoms with Crippen LogP contribution in [0, 0.1) is 0 Å². The Kier molecular flexibility index (Phi) is 3.73. The summed E-state index contributed by atoms with van der Waals surface area (Å²) in [6.45, 7) is 3.03. The highest BCUT2D eigenvalue weighted by Gasteiger charge is 2.21. The lowest BCUT2D eigenvalue weighted by molar-refractivity contribution is 0.101. The molecule has 1 fully saturated rings. The maximum Gasteiger partial charge on any atom is 0.0917 e. The maximum atomic E-state index is 10.6. The minimum atomic E-state index is -0.368. The van der Waals surface area contributed by atoms with E-state index in [9.17, 15) is 5.11 Å². The van der Waals surface area contributed by atoms with Crippen LogP contribution in [-0.4, -0.2) is 29.6 Å². The topological polar surface area (TPSA) is 23.5 Å². The fraction of sp³-hybridized carbons (Fsp3) is 0.400. The van der Waals surface area contributed by atoms with Crippen molar-refractivity contribution in [1.29, 1.82) is 0 Å². The average Bonchev–Trinajstić information content (AvgIpc) is 2.93. The lowest BCUT2D eigenvalue weighted by Crippen LogP contribution is -2.33. The van der Waals surface area contributed by atoms with Crippen LogP contribution < -0.4 is 0 Å². The molecule has 1 unspecified atom stereocenters. The second-order valence-corrected chi connectivity index (χ2v) is 6.63. The summed E-state index contributed by atoms with van der Waals surface area (Å²) in [4.78, 5) is 2.40. The Hall–Kier alpha value is -1.64. The number of hydrogen-bond acceptors (Lipinski definition) is 2. The number of aliphatic hydroxyl groups excluding tert-OH is 1. The van der Waals surface area contributed by atoms with Gasteiger partial charge in [-0.05, 0) is 60.2 Å². The number of rotatable bonds is 3. The summed E-state index contributed by atoms with van der Waals surface area (Å²) in [7, 11) is 0. The number of aliphatic hydroxyl groups is 1. The predicted octanol–water partition coefficient (Wildman–Crippen LogP) is 3.78. The van der Waals surface area contributed by atoms with Crippen molar-refractivity contribution in [2.24, 2.45) is 0 Å². The van der Waals surface area contributed by atoms with Gasteiger partial charge >= 0.3 is 0 Å². The summed E-state index contributed by atoms with van der Waals surface area (Å²) in [6, 6.07) is 15.1. The Morgan fingerprint density at radius 1 is 0.909 bits per heavy atom. The van der Waals surface area contributed by atoms with Crippen LogP contribution in [0.25, 0.3) is 11.1 Å². The molecule has 0 aromatic heterocycles. The number of fused-ring (bicyclic) bond motifs is 3. The Balaban J connectivity index is 1.53. The number of β-amino-alcohol motifs (C(OH)–C–C–N with tert-alkyl or cyclic N) is 1. The normalized spacial score (nSPS) is 18.8. The summed E-state index contributed by atoms with van der Waals surface area (Å²) >= 11 is 0. The molecular formula is C20H23NO. The second kappa shape index (κ2) is 5.86. The van der Waals surface area contributed by atoms with Crippen molar-refractivity contribution in [3.05, 3.63) is 59.2 Å². The number of likely N-dealkylation sites (tertiary alicyclic amines) is 1. The molecule has 4 rings (SSSR count). The van der Waals surface area contributed by atoms with Gasteiger partial charge in [-0.15, -0.1) is 0 Å². The molecule has 2 aromatic rings. The van der Waals surface area contributed by atoms with Gasteiger partial charge in [0.05, 0.1) is 6.10 Å². The van der Waals surface area contributed by atoms with Crippen LogP contribution in [-0.2, 0) is 6.42 Å². The lowest BCUT2D eigenvalue weighted by Gasteiger charge is -2.28. The van der Waals surface area contributed by atoms with Gasteiger partial charge in [0.2, 0.25) is 0 Å². The van der Waals surface area contributed by atoms with E-state index in [0.717, 1.165) is 31.6 Å². The highest BCUT2D eigenvalue weighted by atomic mass is 16.3. The van der Waals surface area contributed by atoms with Crippen molar-refractivity contribution in [3.8, 4) is 11.1 Å². The van der Waals surface area contributed by atoms with E-state index in [1.54, 1.807) is 0 Å². The SMILES string of the molecule is OC(CN1CCCCC1)c1ccc2c(c1)Cc1ccccc1-2. The standard InChI is InChI=1S/C20H23NO/c22-20(14-21-10-4-1-5-11-21)16-8-9-19-17(13-16)12-15-6-2-3-7-18(15)19/h2-3,6-9,13,20,22H,1,4-5,10-12,14H2. The molecule has 0 spiro atoms. The number of piperidine rings is 1. The van der Waals surface area contributed by atoms with Crippen molar-refractivity contribution in [1.82, 2.24) is 4.90 Å². The van der Waals surface area contributed by atoms with Crippen LogP contribution in [0.15, 0.2) is 42.5 Å². The molecule has 2 aromatic carbocycles. The zero-order valence-corrected chi connectivity index (χ0v) is 13.0. The minimum absolute atomic E-state index is 0.368. The van der Waals surface area contributed by atoms with Gasteiger partial charge in [-0.3, -0.25) is 0 Å². The van der Waals surface area contributed by atoms with E-state index >= 15 is 0 Å². The first-order valence-corrected chi connectivity index (χ1v) is 8.43. The molecule has 0 bridgehead atoms. The molecule has 0 saturated carbocycles. The molecule has 1 aliphatic heterocycles. The van der Waals surface area contributed by atoms with Crippen LogP contribution in [0.1, 0.15) is 42.1 Å². The first-order chi connectivity index (χ1) is 10.8. The van der Waals surface area contributed by atoms with Crippen LogP contribution >= 0.6 is 0 Å². The zero-order valence-electron chi connectivity index (χ0n) is 13.0. The van der Waals surface area contributed by atoms with Gasteiger partial charge in [0.1, 0.15) is 0 Å². The van der Waals surface area contributed by atoms with E-state index < -0.39 is 0 Å². The summed E-state index contributed by atoms with van der Waals surface area (Å²) < 4.78 is 0. The van der Waals surface area contributed by atoms with Crippen molar-refractivity contribution in [3.63, 3.8) is 0 Å². The third kappa shape index (κ3) is 2.57. The first-order valence-electron chi connectivity index (χ1n) is 8.43. The quantitative estimate of drug-likeness (QED) is 0.794. The van der Waals surface area contributed by atoms with E-state index in [4.69, 9.17) is 0 Å². The Morgan fingerprint density at radius 3 is 2.55 bits per heavy atom. The molecule has 1 saturated heterocycles. The lowest BCUT2D eigenvalue weighted by atomic mass is 10.00. The minimum Gasteiger partial charge on any atom is -0.387 e. The summed E-state index contributed by atoms with van der Waals surface area (Å²) in [5.41, 5.74) is 6.52. The van der Waals surface area contributed by atoms with E-state index in [1.165, 1.54) is 41.5 Å². The van der Waals surface area contributed by atoms with E-state index in [1.807, 2.05) is 0 Å². The van der Waals surface area contributed by atoms with Gasteiger partial charge < -0.3 is 10.0 Å². The third-order valence-corrected chi connectivity index (χ3v) is 5.08. The fourth-order valence-electron chi connectivity index (χ4n) is 3.86. The molecule has 22 heavy (non-hydrogen) atoms. The average molecular weight is 293 g/mol. The maximum absolute atomic E-state index is 10.6. The van der Waals surface area contributed by atoms with E-state index in [-0.39, 0.29) is 6.10 Å². The molecule has 114 valence electrons. The van der Waals surface area contributed by atoms with E-state index in [0.29, 0.717) is 0 Å². The molecule has 1 aliphatic carbocycles. The van der Waals surface area contributed by atoms with Crippen molar-refractivity contribution < 1.29 is 5.11 Å². The zero-order chi connectivity index (χ0) is 14.9. The highest BCUT2D eigenvalue weighted by molar-refractivity contribution is 5.76. The van der Waals surface area contributed by atoms with Gasteiger partial charge in [-0.2, -0.15) is 0 Å². The van der Waals surface area contributed by atoms with Crippen LogP contribution in [0.3, 0.4) is 0 Å².